The normalized spacial score (nSPS) is 27.5. The van der Waals surface area contributed by atoms with Gasteiger partial charge in [-0.25, -0.2) is 0 Å². The van der Waals surface area contributed by atoms with Crippen molar-refractivity contribution in [3.05, 3.63) is 29.3 Å². The molecule has 2 unspecified atom stereocenters. The number of nitrogens with one attached hydrogen (secondary N) is 2. The topological polar surface area (TPSA) is 42.8 Å². The Labute approximate surface area is 132 Å². The van der Waals surface area contributed by atoms with Crippen LogP contribution in [0.4, 0.5) is 5.69 Å². The van der Waals surface area contributed by atoms with Crippen LogP contribution in [0, 0.1) is 0 Å². The molecule has 1 amide bonds. The molecule has 1 aliphatic heterocycles. The molecule has 0 bridgehead atoms. The first-order valence-corrected chi connectivity index (χ1v) is 8.51. The number of aryl methyl sites for hydroxylation is 2. The van der Waals surface area contributed by atoms with Crippen LogP contribution in [0.5, 0.6) is 0 Å². The minimum atomic E-state index is 0.122. The highest BCUT2D eigenvalue weighted by atomic mass is 16.5. The predicted octanol–water partition coefficient (Wildman–Crippen LogP) is 1.20. The Bertz CT molecular complexity index is 534. The first-order valence-electron chi connectivity index (χ1n) is 8.51. The number of carbonyl (C=O) groups excluding carboxylic acids is 1. The van der Waals surface area contributed by atoms with Gasteiger partial charge in [-0.3, -0.25) is 4.79 Å². The lowest BCUT2D eigenvalue weighted by Gasteiger charge is -2.32. The van der Waals surface area contributed by atoms with Gasteiger partial charge in [0.15, 0.2) is 0 Å². The van der Waals surface area contributed by atoms with Crippen LogP contribution in [0.25, 0.3) is 0 Å². The molecular formula is C18H27N2O2+. The van der Waals surface area contributed by atoms with Gasteiger partial charge in [-0.05, 0) is 56.4 Å². The molecule has 0 radical (unpaired) electrons. The maximum Gasteiger partial charge on any atom is 0.230 e. The standard InChI is InChI=1S/C18H26N2O2/c1-13-11-20(12-14(2)22-13)9-8-18(21)19-17-7-6-15-4-3-5-16(15)10-17/h6-7,10,13-14H,3-5,8-9,11-12H2,1-2H3,(H,19,21)/p+1. The summed E-state index contributed by atoms with van der Waals surface area (Å²) in [5.41, 5.74) is 3.79. The largest absolute Gasteiger partial charge is 0.364 e. The Morgan fingerprint density at radius 2 is 1.95 bits per heavy atom. The van der Waals surface area contributed by atoms with Crippen molar-refractivity contribution >= 4 is 11.6 Å². The molecule has 2 atom stereocenters. The van der Waals surface area contributed by atoms with Crippen LogP contribution < -0.4 is 10.2 Å². The van der Waals surface area contributed by atoms with Gasteiger partial charge in [0.2, 0.25) is 5.91 Å². The Hall–Kier alpha value is -1.39. The molecule has 1 aliphatic carbocycles. The van der Waals surface area contributed by atoms with Crippen LogP contribution in [0.15, 0.2) is 18.2 Å². The zero-order valence-corrected chi connectivity index (χ0v) is 13.7. The number of hydrogen-bond donors (Lipinski definition) is 2. The lowest BCUT2D eigenvalue weighted by Crippen LogP contribution is -3.15. The van der Waals surface area contributed by atoms with Gasteiger partial charge in [0.05, 0.1) is 13.0 Å². The number of amides is 1. The van der Waals surface area contributed by atoms with Gasteiger partial charge in [0.1, 0.15) is 25.3 Å². The third kappa shape index (κ3) is 3.87. The summed E-state index contributed by atoms with van der Waals surface area (Å²) >= 11 is 0. The van der Waals surface area contributed by atoms with Crippen molar-refractivity contribution < 1.29 is 14.4 Å². The third-order valence-corrected chi connectivity index (χ3v) is 4.70. The van der Waals surface area contributed by atoms with E-state index >= 15 is 0 Å². The van der Waals surface area contributed by atoms with Crippen LogP contribution >= 0.6 is 0 Å². The zero-order chi connectivity index (χ0) is 15.5. The van der Waals surface area contributed by atoms with Gasteiger partial charge in [0.25, 0.3) is 0 Å². The first-order chi connectivity index (χ1) is 10.6. The SMILES string of the molecule is CC1C[NH+](CCC(=O)Nc2ccc3c(c2)CCC3)CC(C)O1. The monoisotopic (exact) mass is 303 g/mol. The summed E-state index contributed by atoms with van der Waals surface area (Å²) in [5, 5.41) is 3.05. The summed E-state index contributed by atoms with van der Waals surface area (Å²) < 4.78 is 5.74. The lowest BCUT2D eigenvalue weighted by atomic mass is 10.1. The Balaban J connectivity index is 1.48. The smallest absolute Gasteiger partial charge is 0.230 e. The van der Waals surface area contributed by atoms with E-state index in [0.29, 0.717) is 18.6 Å². The fourth-order valence-corrected chi connectivity index (χ4v) is 3.76. The second-order valence-electron chi connectivity index (χ2n) is 6.80. The van der Waals surface area contributed by atoms with Crippen LogP contribution in [0.3, 0.4) is 0 Å². The number of morpholine rings is 1. The number of anilines is 1. The molecule has 0 saturated carbocycles. The minimum Gasteiger partial charge on any atom is -0.364 e. The quantitative estimate of drug-likeness (QED) is 0.878. The number of carbonyl (C=O) groups is 1. The van der Waals surface area contributed by atoms with Crippen LogP contribution in [0.2, 0.25) is 0 Å². The molecule has 1 fully saturated rings. The van der Waals surface area contributed by atoms with E-state index in [1.54, 1.807) is 0 Å². The summed E-state index contributed by atoms with van der Waals surface area (Å²) in [6.45, 7) is 7.10. The summed E-state index contributed by atoms with van der Waals surface area (Å²) in [5.74, 6) is 0.122. The molecule has 120 valence electrons. The number of benzene rings is 1. The van der Waals surface area contributed by atoms with Crippen molar-refractivity contribution in [1.29, 1.82) is 0 Å². The molecule has 1 aromatic rings. The predicted molar refractivity (Wildman–Crippen MR) is 87.3 cm³/mol. The molecular weight excluding hydrogens is 276 g/mol. The fourth-order valence-electron chi connectivity index (χ4n) is 3.76. The van der Waals surface area contributed by atoms with E-state index in [0.717, 1.165) is 31.7 Å². The molecule has 4 heteroatoms. The summed E-state index contributed by atoms with van der Waals surface area (Å²) in [6, 6.07) is 6.34. The fraction of sp³-hybridized carbons (Fsp3) is 0.611. The number of hydrogen-bond acceptors (Lipinski definition) is 2. The first kappa shape index (κ1) is 15.5. The molecule has 2 aliphatic rings. The molecule has 22 heavy (non-hydrogen) atoms. The highest BCUT2D eigenvalue weighted by molar-refractivity contribution is 5.90. The summed E-state index contributed by atoms with van der Waals surface area (Å²) in [7, 11) is 0. The van der Waals surface area contributed by atoms with E-state index in [4.69, 9.17) is 4.74 Å². The molecule has 2 N–H and O–H groups in total. The van der Waals surface area contributed by atoms with Gasteiger partial charge < -0.3 is 15.0 Å². The highest BCUT2D eigenvalue weighted by Crippen LogP contribution is 2.24. The minimum absolute atomic E-state index is 0.122. The van der Waals surface area contributed by atoms with Crippen molar-refractivity contribution in [2.75, 3.05) is 25.0 Å². The van der Waals surface area contributed by atoms with Crippen molar-refractivity contribution in [3.63, 3.8) is 0 Å². The Kier molecular flexibility index (Phi) is 4.79. The van der Waals surface area contributed by atoms with Crippen molar-refractivity contribution in [2.45, 2.75) is 51.7 Å². The Morgan fingerprint density at radius 1 is 1.23 bits per heavy atom. The van der Waals surface area contributed by atoms with Crippen molar-refractivity contribution in [2.24, 2.45) is 0 Å². The lowest BCUT2D eigenvalue weighted by molar-refractivity contribution is -0.914. The van der Waals surface area contributed by atoms with Crippen LogP contribution in [0.1, 0.15) is 37.8 Å². The molecule has 0 aromatic heterocycles. The van der Waals surface area contributed by atoms with Crippen molar-refractivity contribution in [1.82, 2.24) is 0 Å². The van der Waals surface area contributed by atoms with Gasteiger partial charge in [-0.1, -0.05) is 6.07 Å². The number of rotatable bonds is 4. The number of quaternary nitrogens is 1. The van der Waals surface area contributed by atoms with E-state index in [2.05, 4.69) is 31.3 Å². The molecule has 1 aromatic carbocycles. The van der Waals surface area contributed by atoms with E-state index in [-0.39, 0.29) is 5.91 Å². The molecule has 3 rings (SSSR count). The van der Waals surface area contributed by atoms with E-state index in [1.807, 2.05) is 6.07 Å². The number of fused-ring (bicyclic) bond motifs is 1. The maximum absolute atomic E-state index is 12.2. The van der Waals surface area contributed by atoms with Gasteiger partial charge >= 0.3 is 0 Å². The highest BCUT2D eigenvalue weighted by Gasteiger charge is 2.25. The van der Waals surface area contributed by atoms with E-state index in [1.165, 1.54) is 28.9 Å². The summed E-state index contributed by atoms with van der Waals surface area (Å²) in [4.78, 5) is 13.6. The van der Waals surface area contributed by atoms with Gasteiger partial charge in [-0.15, -0.1) is 0 Å². The second-order valence-corrected chi connectivity index (χ2v) is 6.80. The third-order valence-electron chi connectivity index (χ3n) is 4.70. The molecule has 4 nitrogen and oxygen atoms in total. The number of ether oxygens (including phenoxy) is 1. The van der Waals surface area contributed by atoms with E-state index < -0.39 is 0 Å². The molecule has 1 heterocycles. The average Bonchev–Trinajstić information content (AvgIpc) is 2.92. The van der Waals surface area contributed by atoms with E-state index in [9.17, 15) is 4.79 Å². The molecule has 0 spiro atoms. The van der Waals surface area contributed by atoms with Crippen LogP contribution in [-0.4, -0.2) is 37.7 Å². The van der Waals surface area contributed by atoms with Gasteiger partial charge in [0, 0.05) is 5.69 Å². The zero-order valence-electron chi connectivity index (χ0n) is 13.7. The second kappa shape index (κ2) is 6.80. The molecule has 1 saturated heterocycles. The van der Waals surface area contributed by atoms with Crippen molar-refractivity contribution in [3.8, 4) is 0 Å². The van der Waals surface area contributed by atoms with Gasteiger partial charge in [-0.2, -0.15) is 0 Å². The van der Waals surface area contributed by atoms with Crippen LogP contribution in [-0.2, 0) is 22.4 Å². The maximum atomic E-state index is 12.2. The summed E-state index contributed by atoms with van der Waals surface area (Å²) in [6.07, 6.45) is 4.72. The average molecular weight is 303 g/mol. The Morgan fingerprint density at radius 3 is 2.73 bits per heavy atom.